The SMILES string of the molecule is CC(=O)N1Cc2cc(N)c(Br)cc2C1. The second-order valence-corrected chi connectivity index (χ2v) is 4.37. The first-order chi connectivity index (χ1) is 6.58. The Balaban J connectivity index is 2.36. The highest BCUT2D eigenvalue weighted by Gasteiger charge is 2.21. The fourth-order valence-corrected chi connectivity index (χ4v) is 2.05. The zero-order valence-electron chi connectivity index (χ0n) is 7.88. The van der Waals surface area contributed by atoms with E-state index in [1.54, 1.807) is 11.8 Å². The minimum Gasteiger partial charge on any atom is -0.398 e. The van der Waals surface area contributed by atoms with Gasteiger partial charge in [-0.05, 0) is 39.2 Å². The molecule has 0 saturated carbocycles. The minimum absolute atomic E-state index is 0.107. The van der Waals surface area contributed by atoms with E-state index < -0.39 is 0 Å². The van der Waals surface area contributed by atoms with Gasteiger partial charge in [-0.1, -0.05) is 0 Å². The van der Waals surface area contributed by atoms with Crippen molar-refractivity contribution in [2.45, 2.75) is 20.0 Å². The molecular formula is C10H11BrN2O. The summed E-state index contributed by atoms with van der Waals surface area (Å²) in [5, 5.41) is 0. The summed E-state index contributed by atoms with van der Waals surface area (Å²) in [5.74, 6) is 0.107. The highest BCUT2D eigenvalue weighted by atomic mass is 79.9. The van der Waals surface area contributed by atoms with Gasteiger partial charge in [0, 0.05) is 30.2 Å². The third-order valence-electron chi connectivity index (χ3n) is 2.49. The zero-order valence-corrected chi connectivity index (χ0v) is 9.47. The van der Waals surface area contributed by atoms with Gasteiger partial charge in [0.2, 0.25) is 5.91 Å². The van der Waals surface area contributed by atoms with Gasteiger partial charge in [-0.15, -0.1) is 0 Å². The lowest BCUT2D eigenvalue weighted by atomic mass is 10.1. The van der Waals surface area contributed by atoms with Gasteiger partial charge in [0.15, 0.2) is 0 Å². The van der Waals surface area contributed by atoms with Crippen molar-refractivity contribution in [3.8, 4) is 0 Å². The van der Waals surface area contributed by atoms with Crippen LogP contribution in [0.2, 0.25) is 0 Å². The van der Waals surface area contributed by atoms with Gasteiger partial charge in [-0.25, -0.2) is 0 Å². The van der Waals surface area contributed by atoms with Crippen LogP contribution in [0.25, 0.3) is 0 Å². The molecule has 0 aliphatic carbocycles. The zero-order chi connectivity index (χ0) is 10.3. The summed E-state index contributed by atoms with van der Waals surface area (Å²) in [6.07, 6.45) is 0. The maximum atomic E-state index is 11.2. The highest BCUT2D eigenvalue weighted by molar-refractivity contribution is 9.10. The maximum absolute atomic E-state index is 11.2. The second kappa shape index (κ2) is 3.28. The molecule has 1 aliphatic heterocycles. The molecule has 3 nitrogen and oxygen atoms in total. The lowest BCUT2D eigenvalue weighted by molar-refractivity contribution is -0.129. The smallest absolute Gasteiger partial charge is 0.220 e. The van der Waals surface area contributed by atoms with E-state index >= 15 is 0 Å². The fourth-order valence-electron chi connectivity index (χ4n) is 1.66. The van der Waals surface area contributed by atoms with Crippen molar-refractivity contribution < 1.29 is 4.79 Å². The Bertz CT molecular complexity index is 372. The first kappa shape index (κ1) is 9.52. The number of anilines is 1. The largest absolute Gasteiger partial charge is 0.398 e. The predicted molar refractivity (Wildman–Crippen MR) is 58.5 cm³/mol. The Morgan fingerprint density at radius 2 is 2.00 bits per heavy atom. The number of nitrogen functional groups attached to an aromatic ring is 1. The molecule has 0 unspecified atom stereocenters. The monoisotopic (exact) mass is 254 g/mol. The van der Waals surface area contributed by atoms with E-state index in [0.717, 1.165) is 15.7 Å². The van der Waals surface area contributed by atoms with Gasteiger partial charge in [0.25, 0.3) is 0 Å². The first-order valence-electron chi connectivity index (χ1n) is 4.40. The van der Waals surface area contributed by atoms with Crippen LogP contribution in [-0.2, 0) is 17.9 Å². The van der Waals surface area contributed by atoms with Crippen LogP contribution in [0.1, 0.15) is 18.1 Å². The van der Waals surface area contributed by atoms with Gasteiger partial charge in [0.1, 0.15) is 0 Å². The molecular weight excluding hydrogens is 244 g/mol. The lowest BCUT2D eigenvalue weighted by Gasteiger charge is -2.10. The van der Waals surface area contributed by atoms with Crippen LogP contribution in [0, 0.1) is 0 Å². The molecule has 2 N–H and O–H groups in total. The predicted octanol–water partition coefficient (Wildman–Crippen LogP) is 1.89. The van der Waals surface area contributed by atoms with Crippen molar-refractivity contribution in [1.29, 1.82) is 0 Å². The first-order valence-corrected chi connectivity index (χ1v) is 5.19. The molecule has 1 amide bonds. The van der Waals surface area contributed by atoms with E-state index in [2.05, 4.69) is 15.9 Å². The summed E-state index contributed by atoms with van der Waals surface area (Å²) in [4.78, 5) is 13.0. The summed E-state index contributed by atoms with van der Waals surface area (Å²) in [7, 11) is 0. The van der Waals surface area contributed by atoms with Crippen molar-refractivity contribution in [3.63, 3.8) is 0 Å². The highest BCUT2D eigenvalue weighted by Crippen LogP contribution is 2.30. The number of hydrogen-bond donors (Lipinski definition) is 1. The molecule has 0 saturated heterocycles. The summed E-state index contributed by atoms with van der Waals surface area (Å²) in [6.45, 7) is 2.97. The molecule has 14 heavy (non-hydrogen) atoms. The van der Waals surface area contributed by atoms with Crippen molar-refractivity contribution >= 4 is 27.5 Å². The average Bonchev–Trinajstić information content (AvgIpc) is 2.48. The Morgan fingerprint density at radius 1 is 1.43 bits per heavy atom. The van der Waals surface area contributed by atoms with Crippen LogP contribution in [-0.4, -0.2) is 10.8 Å². The number of halogens is 1. The number of nitrogens with two attached hydrogens (primary N) is 1. The fraction of sp³-hybridized carbons (Fsp3) is 0.300. The number of carbonyl (C=O) groups is 1. The Hall–Kier alpha value is -1.03. The lowest BCUT2D eigenvalue weighted by Crippen LogP contribution is -2.21. The number of hydrogen-bond acceptors (Lipinski definition) is 2. The minimum atomic E-state index is 0.107. The Labute approximate surface area is 91.0 Å². The molecule has 74 valence electrons. The topological polar surface area (TPSA) is 46.3 Å². The van der Waals surface area contributed by atoms with Crippen molar-refractivity contribution in [1.82, 2.24) is 4.90 Å². The molecule has 1 aromatic carbocycles. The number of fused-ring (bicyclic) bond motifs is 1. The van der Waals surface area contributed by atoms with Crippen molar-refractivity contribution in [2.24, 2.45) is 0 Å². The van der Waals surface area contributed by atoms with E-state index in [-0.39, 0.29) is 5.91 Å². The van der Waals surface area contributed by atoms with E-state index in [9.17, 15) is 4.79 Å². The van der Waals surface area contributed by atoms with E-state index in [1.807, 2.05) is 12.1 Å². The van der Waals surface area contributed by atoms with Gasteiger partial charge >= 0.3 is 0 Å². The molecule has 0 fully saturated rings. The van der Waals surface area contributed by atoms with Gasteiger partial charge < -0.3 is 10.6 Å². The van der Waals surface area contributed by atoms with E-state index in [0.29, 0.717) is 13.1 Å². The average molecular weight is 255 g/mol. The number of benzene rings is 1. The van der Waals surface area contributed by atoms with Gasteiger partial charge in [-0.2, -0.15) is 0 Å². The molecule has 2 rings (SSSR count). The molecule has 0 spiro atoms. The normalized spacial score (nSPS) is 14.3. The standard InChI is InChI=1S/C10H11BrN2O/c1-6(14)13-4-7-2-9(11)10(12)3-8(7)5-13/h2-3H,4-5,12H2,1H3. The molecule has 0 bridgehead atoms. The van der Waals surface area contributed by atoms with E-state index in [4.69, 9.17) is 5.73 Å². The molecule has 4 heteroatoms. The Morgan fingerprint density at radius 3 is 2.57 bits per heavy atom. The number of carbonyl (C=O) groups excluding carboxylic acids is 1. The van der Waals surface area contributed by atoms with Crippen LogP contribution in [0.15, 0.2) is 16.6 Å². The number of rotatable bonds is 0. The molecule has 0 aromatic heterocycles. The number of nitrogens with zero attached hydrogens (tertiary/aromatic N) is 1. The van der Waals surface area contributed by atoms with Crippen molar-refractivity contribution in [2.75, 3.05) is 5.73 Å². The quantitative estimate of drug-likeness (QED) is 0.719. The second-order valence-electron chi connectivity index (χ2n) is 3.52. The van der Waals surface area contributed by atoms with Crippen LogP contribution in [0.4, 0.5) is 5.69 Å². The Kier molecular flexibility index (Phi) is 2.23. The van der Waals surface area contributed by atoms with Gasteiger partial charge in [0.05, 0.1) is 0 Å². The molecule has 1 aliphatic rings. The van der Waals surface area contributed by atoms with Gasteiger partial charge in [-0.3, -0.25) is 4.79 Å². The summed E-state index contributed by atoms with van der Waals surface area (Å²) in [6, 6.07) is 3.93. The summed E-state index contributed by atoms with van der Waals surface area (Å²) >= 11 is 3.38. The molecule has 0 atom stereocenters. The number of amides is 1. The van der Waals surface area contributed by atoms with Crippen LogP contribution < -0.4 is 5.73 Å². The third-order valence-corrected chi connectivity index (χ3v) is 3.17. The van der Waals surface area contributed by atoms with Crippen LogP contribution in [0.3, 0.4) is 0 Å². The van der Waals surface area contributed by atoms with Crippen molar-refractivity contribution in [3.05, 3.63) is 27.7 Å². The molecule has 1 heterocycles. The van der Waals surface area contributed by atoms with Crippen LogP contribution in [0.5, 0.6) is 0 Å². The van der Waals surface area contributed by atoms with E-state index in [1.165, 1.54) is 5.56 Å². The summed E-state index contributed by atoms with van der Waals surface area (Å²) in [5.41, 5.74) is 8.83. The molecule has 0 radical (unpaired) electrons. The third kappa shape index (κ3) is 1.50. The molecule has 1 aromatic rings. The summed E-state index contributed by atoms with van der Waals surface area (Å²) < 4.78 is 0.904. The van der Waals surface area contributed by atoms with Crippen LogP contribution >= 0.6 is 15.9 Å². The maximum Gasteiger partial charge on any atom is 0.220 e.